The second-order valence-corrected chi connectivity index (χ2v) is 6.25. The first kappa shape index (κ1) is 13.8. The van der Waals surface area contributed by atoms with Gasteiger partial charge in [0, 0.05) is 10.0 Å². The number of quaternary nitrogens is 1. The number of piperazine rings is 1. The number of phenolic OH excluding ortho intramolecular Hbond substituents is 1. The first-order chi connectivity index (χ1) is 8.56. The molecule has 0 aliphatic carbocycles. The van der Waals surface area contributed by atoms with Crippen molar-refractivity contribution in [1.82, 2.24) is 5.01 Å². The van der Waals surface area contributed by atoms with Gasteiger partial charge in [0.1, 0.15) is 5.75 Å². The van der Waals surface area contributed by atoms with E-state index in [4.69, 9.17) is 0 Å². The van der Waals surface area contributed by atoms with Crippen LogP contribution in [-0.2, 0) is 0 Å². The van der Waals surface area contributed by atoms with Crippen molar-refractivity contribution in [2.24, 2.45) is 5.10 Å². The molecular weight excluding hydrogens is 362 g/mol. The minimum Gasteiger partial charge on any atom is -0.506 e. The molecule has 98 valence electrons. The molecule has 1 fully saturated rings. The zero-order valence-electron chi connectivity index (χ0n) is 10.2. The largest absolute Gasteiger partial charge is 0.506 e. The molecule has 1 saturated heterocycles. The third-order valence-corrected chi connectivity index (χ3v) is 4.07. The highest BCUT2D eigenvalue weighted by atomic mass is 79.9. The normalized spacial score (nSPS) is 17.6. The van der Waals surface area contributed by atoms with Crippen LogP contribution in [-0.4, -0.2) is 49.6 Å². The van der Waals surface area contributed by atoms with E-state index in [1.165, 1.54) is 4.90 Å². The van der Waals surface area contributed by atoms with Crippen LogP contribution in [0.2, 0.25) is 0 Å². The number of halogens is 2. The molecule has 18 heavy (non-hydrogen) atoms. The molecule has 0 bridgehead atoms. The zero-order valence-corrected chi connectivity index (χ0v) is 13.3. The predicted molar refractivity (Wildman–Crippen MR) is 79.3 cm³/mol. The van der Waals surface area contributed by atoms with Crippen molar-refractivity contribution in [3.63, 3.8) is 0 Å². The van der Waals surface area contributed by atoms with Gasteiger partial charge in [-0.05, 0) is 28.1 Å². The topological polar surface area (TPSA) is 40.3 Å². The first-order valence-electron chi connectivity index (χ1n) is 5.84. The first-order valence-corrected chi connectivity index (χ1v) is 7.43. The highest BCUT2D eigenvalue weighted by molar-refractivity contribution is 9.11. The molecule has 6 heteroatoms. The lowest BCUT2D eigenvalue weighted by Gasteiger charge is -2.27. The second kappa shape index (κ2) is 6.04. The summed E-state index contributed by atoms with van der Waals surface area (Å²) in [6.45, 7) is 4.12. The van der Waals surface area contributed by atoms with Gasteiger partial charge in [-0.3, -0.25) is 5.01 Å². The molecule has 2 N–H and O–H groups in total. The summed E-state index contributed by atoms with van der Waals surface area (Å²) in [4.78, 5) is 1.54. The molecule has 0 saturated carbocycles. The molecule has 0 atom stereocenters. The van der Waals surface area contributed by atoms with Crippen LogP contribution in [0.15, 0.2) is 26.2 Å². The maximum Gasteiger partial charge on any atom is 0.138 e. The number of aromatic hydroxyl groups is 1. The second-order valence-electron chi connectivity index (χ2n) is 4.48. The van der Waals surface area contributed by atoms with E-state index < -0.39 is 0 Å². The van der Waals surface area contributed by atoms with Crippen molar-refractivity contribution in [2.75, 3.05) is 33.2 Å². The van der Waals surface area contributed by atoms with Gasteiger partial charge in [0.15, 0.2) is 0 Å². The van der Waals surface area contributed by atoms with Crippen LogP contribution in [0.5, 0.6) is 5.75 Å². The Labute approximate surface area is 124 Å². The van der Waals surface area contributed by atoms with Crippen molar-refractivity contribution in [3.8, 4) is 5.75 Å². The van der Waals surface area contributed by atoms with Gasteiger partial charge < -0.3 is 10.0 Å². The Morgan fingerprint density at radius 2 is 2.00 bits per heavy atom. The Kier molecular flexibility index (Phi) is 4.64. The third kappa shape index (κ3) is 3.46. The van der Waals surface area contributed by atoms with Gasteiger partial charge in [-0.25, -0.2) is 0 Å². The summed E-state index contributed by atoms with van der Waals surface area (Å²) in [5, 5.41) is 16.4. The molecule has 0 spiro atoms. The van der Waals surface area contributed by atoms with Crippen LogP contribution in [0, 0.1) is 0 Å². The van der Waals surface area contributed by atoms with E-state index >= 15 is 0 Å². The van der Waals surface area contributed by atoms with Crippen LogP contribution < -0.4 is 4.90 Å². The molecule has 0 radical (unpaired) electrons. The lowest BCUT2D eigenvalue weighted by Crippen LogP contribution is -3.11. The quantitative estimate of drug-likeness (QED) is 0.757. The molecule has 1 aromatic carbocycles. The Bertz CT molecular complexity index is 457. The van der Waals surface area contributed by atoms with Gasteiger partial charge in [-0.15, -0.1) is 0 Å². The highest BCUT2D eigenvalue weighted by Crippen LogP contribution is 2.30. The maximum absolute atomic E-state index is 9.91. The zero-order chi connectivity index (χ0) is 13.1. The Hall–Kier alpha value is -0.590. The number of nitrogens with zero attached hydrogens (tertiary/aromatic N) is 2. The fraction of sp³-hybridized carbons (Fsp3) is 0.417. The van der Waals surface area contributed by atoms with Crippen LogP contribution in [0.3, 0.4) is 0 Å². The monoisotopic (exact) mass is 376 g/mol. The van der Waals surface area contributed by atoms with Gasteiger partial charge in [-0.1, -0.05) is 15.9 Å². The summed E-state index contributed by atoms with van der Waals surface area (Å²) < 4.78 is 1.58. The molecule has 2 rings (SSSR count). The maximum atomic E-state index is 9.91. The summed E-state index contributed by atoms with van der Waals surface area (Å²) >= 11 is 6.71. The Balaban J connectivity index is 2.09. The van der Waals surface area contributed by atoms with Gasteiger partial charge >= 0.3 is 0 Å². The minimum atomic E-state index is 0.224. The Morgan fingerprint density at radius 1 is 1.33 bits per heavy atom. The molecule has 1 heterocycles. The summed E-state index contributed by atoms with van der Waals surface area (Å²) in [5.41, 5.74) is 0.711. The number of nitrogens with one attached hydrogen (secondary N) is 1. The van der Waals surface area contributed by atoms with E-state index in [9.17, 15) is 5.11 Å². The standard InChI is InChI=1S/C12H15Br2N3O/c1-16-2-4-17(5-3-16)15-8-9-6-10(13)7-11(14)12(9)18/h6-8,18H,2-5H2,1H3/p+1/b15-8+. The smallest absolute Gasteiger partial charge is 0.138 e. The number of rotatable bonds is 2. The van der Waals surface area contributed by atoms with Crippen LogP contribution in [0.4, 0.5) is 0 Å². The highest BCUT2D eigenvalue weighted by Gasteiger charge is 2.14. The number of hydrazone groups is 1. The summed E-state index contributed by atoms with van der Waals surface area (Å²) in [5.74, 6) is 0.224. The van der Waals surface area contributed by atoms with E-state index in [1.54, 1.807) is 6.21 Å². The predicted octanol–water partition coefficient (Wildman–Crippen LogP) is 1.08. The summed E-state index contributed by atoms with van der Waals surface area (Å²) in [6, 6.07) is 3.66. The van der Waals surface area contributed by atoms with E-state index in [0.717, 1.165) is 30.7 Å². The van der Waals surface area contributed by atoms with Crippen molar-refractivity contribution in [3.05, 3.63) is 26.6 Å². The number of hydrogen-bond acceptors (Lipinski definition) is 3. The number of hydrogen-bond donors (Lipinski definition) is 2. The van der Waals surface area contributed by atoms with Crippen LogP contribution in [0.25, 0.3) is 0 Å². The van der Waals surface area contributed by atoms with E-state index in [1.807, 2.05) is 17.1 Å². The molecule has 1 aliphatic rings. The average molecular weight is 378 g/mol. The SMILES string of the molecule is C[NH+]1CCN(/N=C/c2cc(Br)cc(Br)c2O)CC1. The number of likely N-dealkylation sites (N-methyl/N-ethyl adjacent to an activating group) is 1. The molecule has 0 aromatic heterocycles. The molecule has 0 amide bonds. The van der Waals surface area contributed by atoms with E-state index in [-0.39, 0.29) is 5.75 Å². The molecule has 1 aromatic rings. The molecule has 4 nitrogen and oxygen atoms in total. The molecule has 0 unspecified atom stereocenters. The molecular formula is C12H16Br2N3O+. The van der Waals surface area contributed by atoms with Crippen molar-refractivity contribution < 1.29 is 10.0 Å². The summed E-state index contributed by atoms with van der Waals surface area (Å²) in [7, 11) is 2.19. The van der Waals surface area contributed by atoms with Crippen molar-refractivity contribution in [1.29, 1.82) is 0 Å². The van der Waals surface area contributed by atoms with Crippen LogP contribution >= 0.6 is 31.9 Å². The van der Waals surface area contributed by atoms with Crippen molar-refractivity contribution in [2.45, 2.75) is 0 Å². The summed E-state index contributed by atoms with van der Waals surface area (Å²) in [6.07, 6.45) is 1.71. The lowest BCUT2D eigenvalue weighted by atomic mass is 10.2. The third-order valence-electron chi connectivity index (χ3n) is 3.01. The molecule has 1 aliphatic heterocycles. The van der Waals surface area contributed by atoms with Gasteiger partial charge in [0.05, 0.1) is 43.9 Å². The van der Waals surface area contributed by atoms with Gasteiger partial charge in [0.25, 0.3) is 0 Å². The fourth-order valence-corrected chi connectivity index (χ4v) is 3.08. The van der Waals surface area contributed by atoms with Crippen LogP contribution in [0.1, 0.15) is 5.56 Å². The minimum absolute atomic E-state index is 0.224. The van der Waals surface area contributed by atoms with E-state index in [0.29, 0.717) is 10.0 Å². The van der Waals surface area contributed by atoms with Gasteiger partial charge in [0.2, 0.25) is 0 Å². The number of phenols is 1. The fourth-order valence-electron chi connectivity index (χ4n) is 1.82. The lowest BCUT2D eigenvalue weighted by molar-refractivity contribution is -0.884. The van der Waals surface area contributed by atoms with E-state index in [2.05, 4.69) is 44.0 Å². The number of benzene rings is 1. The van der Waals surface area contributed by atoms with Crippen molar-refractivity contribution >= 4 is 38.1 Å². The average Bonchev–Trinajstić information content (AvgIpc) is 2.34. The Morgan fingerprint density at radius 3 is 2.67 bits per heavy atom. The van der Waals surface area contributed by atoms with Gasteiger partial charge in [-0.2, -0.15) is 5.10 Å².